The van der Waals surface area contributed by atoms with E-state index in [2.05, 4.69) is 0 Å². The Morgan fingerprint density at radius 3 is 2.39 bits per heavy atom. The molecule has 0 bridgehead atoms. The summed E-state index contributed by atoms with van der Waals surface area (Å²) < 4.78 is 5.95. The van der Waals surface area contributed by atoms with Crippen LogP contribution in [0, 0.1) is 0 Å². The summed E-state index contributed by atoms with van der Waals surface area (Å²) in [6.07, 6.45) is 0.775. The standard InChI is InChI=1S/C14H16ClNOS/c1-14(16,9-12-7-8-13(15)18-12)10-3-5-11(17-2)6-4-10/h3-8H,9,16H2,1-2H3. The molecule has 0 amide bonds. The number of rotatable bonds is 4. The van der Waals surface area contributed by atoms with Gasteiger partial charge in [-0.15, -0.1) is 11.3 Å². The van der Waals surface area contributed by atoms with E-state index in [1.165, 1.54) is 4.88 Å². The summed E-state index contributed by atoms with van der Waals surface area (Å²) in [5.74, 6) is 0.841. The second-order valence-corrected chi connectivity index (χ2v) is 6.33. The first-order valence-corrected chi connectivity index (χ1v) is 6.88. The monoisotopic (exact) mass is 281 g/mol. The van der Waals surface area contributed by atoms with Crippen molar-refractivity contribution in [3.8, 4) is 5.75 Å². The molecular weight excluding hydrogens is 266 g/mol. The summed E-state index contributed by atoms with van der Waals surface area (Å²) in [5, 5.41) is 0. The van der Waals surface area contributed by atoms with Gasteiger partial charge >= 0.3 is 0 Å². The molecule has 96 valence electrons. The maximum Gasteiger partial charge on any atom is 0.118 e. The van der Waals surface area contributed by atoms with Gasteiger partial charge in [0.15, 0.2) is 0 Å². The lowest BCUT2D eigenvalue weighted by Gasteiger charge is -2.24. The van der Waals surface area contributed by atoms with Gasteiger partial charge < -0.3 is 10.5 Å². The molecule has 2 N–H and O–H groups in total. The summed E-state index contributed by atoms with van der Waals surface area (Å²) in [6, 6.07) is 11.8. The molecule has 0 aliphatic rings. The Labute approximate surface area is 116 Å². The van der Waals surface area contributed by atoms with E-state index in [1.807, 2.05) is 43.3 Å². The quantitative estimate of drug-likeness (QED) is 0.924. The second-order valence-electron chi connectivity index (χ2n) is 4.53. The van der Waals surface area contributed by atoms with E-state index in [9.17, 15) is 0 Å². The van der Waals surface area contributed by atoms with Gasteiger partial charge in [-0.25, -0.2) is 0 Å². The highest BCUT2D eigenvalue weighted by Gasteiger charge is 2.22. The predicted octanol–water partition coefficient (Wildman–Crippen LogP) is 3.83. The Balaban J connectivity index is 2.18. The molecule has 0 saturated carbocycles. The first-order chi connectivity index (χ1) is 8.51. The molecule has 0 aliphatic carbocycles. The van der Waals surface area contributed by atoms with Crippen LogP contribution in [0.3, 0.4) is 0 Å². The highest BCUT2D eigenvalue weighted by Crippen LogP contribution is 2.29. The van der Waals surface area contributed by atoms with Crippen molar-refractivity contribution in [2.75, 3.05) is 7.11 Å². The number of benzene rings is 1. The SMILES string of the molecule is COc1ccc(C(C)(N)Cc2ccc(Cl)s2)cc1. The minimum absolute atomic E-state index is 0.402. The van der Waals surface area contributed by atoms with Crippen LogP contribution in [0.25, 0.3) is 0 Å². The molecule has 1 aromatic heterocycles. The highest BCUT2D eigenvalue weighted by atomic mass is 35.5. The molecule has 2 nitrogen and oxygen atoms in total. The molecule has 1 aromatic carbocycles. The Kier molecular flexibility index (Phi) is 3.95. The number of thiophene rings is 1. The van der Waals surface area contributed by atoms with Crippen LogP contribution >= 0.6 is 22.9 Å². The first-order valence-electron chi connectivity index (χ1n) is 5.69. The van der Waals surface area contributed by atoms with Gasteiger partial charge in [-0.05, 0) is 36.8 Å². The van der Waals surface area contributed by atoms with Crippen molar-refractivity contribution in [3.63, 3.8) is 0 Å². The molecule has 0 saturated heterocycles. The summed E-state index contributed by atoms with van der Waals surface area (Å²) in [5.41, 5.74) is 7.08. The van der Waals surface area contributed by atoms with Crippen molar-refractivity contribution in [2.45, 2.75) is 18.9 Å². The fourth-order valence-corrected chi connectivity index (χ4v) is 3.14. The third-order valence-corrected chi connectivity index (χ3v) is 4.15. The summed E-state index contributed by atoms with van der Waals surface area (Å²) in [4.78, 5) is 1.20. The van der Waals surface area contributed by atoms with Crippen LogP contribution in [0.15, 0.2) is 36.4 Å². The number of methoxy groups -OCH3 is 1. The Morgan fingerprint density at radius 1 is 1.22 bits per heavy atom. The van der Waals surface area contributed by atoms with Gasteiger partial charge in [0.2, 0.25) is 0 Å². The molecule has 4 heteroatoms. The van der Waals surface area contributed by atoms with Crippen molar-refractivity contribution in [1.82, 2.24) is 0 Å². The Morgan fingerprint density at radius 2 is 1.89 bits per heavy atom. The number of hydrogen-bond donors (Lipinski definition) is 1. The lowest BCUT2D eigenvalue weighted by atomic mass is 9.89. The second kappa shape index (κ2) is 5.31. The third-order valence-electron chi connectivity index (χ3n) is 2.92. The van der Waals surface area contributed by atoms with Crippen molar-refractivity contribution < 1.29 is 4.74 Å². The van der Waals surface area contributed by atoms with Crippen LogP contribution in [-0.4, -0.2) is 7.11 Å². The zero-order valence-corrected chi connectivity index (χ0v) is 12.0. The van der Waals surface area contributed by atoms with Crippen molar-refractivity contribution in [2.24, 2.45) is 5.73 Å². The van der Waals surface area contributed by atoms with Crippen molar-refractivity contribution in [1.29, 1.82) is 0 Å². The van der Waals surface area contributed by atoms with Gasteiger partial charge in [-0.1, -0.05) is 23.7 Å². The number of nitrogens with two attached hydrogens (primary N) is 1. The number of ether oxygens (including phenoxy) is 1. The van der Waals surface area contributed by atoms with Crippen molar-refractivity contribution in [3.05, 3.63) is 51.2 Å². The molecule has 0 fully saturated rings. The maximum absolute atomic E-state index is 6.39. The van der Waals surface area contributed by atoms with Crippen LogP contribution < -0.4 is 10.5 Å². The summed E-state index contributed by atoms with van der Waals surface area (Å²) in [6.45, 7) is 2.03. The average Bonchev–Trinajstić information content (AvgIpc) is 2.74. The smallest absolute Gasteiger partial charge is 0.118 e. The summed E-state index contributed by atoms with van der Waals surface area (Å²) >= 11 is 7.51. The molecule has 0 radical (unpaired) electrons. The fourth-order valence-electron chi connectivity index (χ4n) is 1.88. The average molecular weight is 282 g/mol. The van der Waals surface area contributed by atoms with Gasteiger partial charge in [0.25, 0.3) is 0 Å². The zero-order valence-electron chi connectivity index (χ0n) is 10.4. The van der Waals surface area contributed by atoms with Gasteiger partial charge in [-0.2, -0.15) is 0 Å². The van der Waals surface area contributed by atoms with E-state index in [1.54, 1.807) is 18.4 Å². The van der Waals surface area contributed by atoms with E-state index in [4.69, 9.17) is 22.1 Å². The Hall–Kier alpha value is -1.03. The van der Waals surface area contributed by atoms with E-state index in [0.29, 0.717) is 0 Å². The van der Waals surface area contributed by atoms with E-state index in [0.717, 1.165) is 22.1 Å². The summed E-state index contributed by atoms with van der Waals surface area (Å²) in [7, 11) is 1.66. The number of hydrogen-bond acceptors (Lipinski definition) is 3. The van der Waals surface area contributed by atoms with E-state index >= 15 is 0 Å². The molecule has 18 heavy (non-hydrogen) atoms. The normalized spacial score (nSPS) is 14.2. The highest BCUT2D eigenvalue weighted by molar-refractivity contribution is 7.16. The molecule has 1 heterocycles. The molecular formula is C14H16ClNOS. The van der Waals surface area contributed by atoms with Gasteiger partial charge in [0.1, 0.15) is 5.75 Å². The van der Waals surface area contributed by atoms with Crippen LogP contribution in [0.4, 0.5) is 0 Å². The van der Waals surface area contributed by atoms with Gasteiger partial charge in [-0.3, -0.25) is 0 Å². The van der Waals surface area contributed by atoms with Crippen LogP contribution in [0.2, 0.25) is 4.34 Å². The predicted molar refractivity (Wildman–Crippen MR) is 77.6 cm³/mol. The van der Waals surface area contributed by atoms with Crippen LogP contribution in [0.1, 0.15) is 17.4 Å². The van der Waals surface area contributed by atoms with Gasteiger partial charge in [0.05, 0.1) is 11.4 Å². The van der Waals surface area contributed by atoms with E-state index in [-0.39, 0.29) is 0 Å². The minimum atomic E-state index is -0.402. The fraction of sp³-hybridized carbons (Fsp3) is 0.286. The maximum atomic E-state index is 6.39. The molecule has 2 rings (SSSR count). The number of halogens is 1. The zero-order chi connectivity index (χ0) is 13.2. The lowest BCUT2D eigenvalue weighted by molar-refractivity contribution is 0.413. The van der Waals surface area contributed by atoms with Crippen LogP contribution in [0.5, 0.6) is 5.75 Å². The molecule has 0 spiro atoms. The van der Waals surface area contributed by atoms with E-state index < -0.39 is 5.54 Å². The largest absolute Gasteiger partial charge is 0.497 e. The topological polar surface area (TPSA) is 35.2 Å². The minimum Gasteiger partial charge on any atom is -0.497 e. The molecule has 0 aliphatic heterocycles. The third kappa shape index (κ3) is 3.05. The molecule has 1 atom stereocenters. The van der Waals surface area contributed by atoms with Crippen molar-refractivity contribution >= 4 is 22.9 Å². The Bertz CT molecular complexity index is 519. The molecule has 1 unspecified atom stereocenters. The lowest BCUT2D eigenvalue weighted by Crippen LogP contribution is -2.35. The first kappa shape index (κ1) is 13.4. The van der Waals surface area contributed by atoms with Gasteiger partial charge in [0, 0.05) is 16.8 Å². The molecule has 2 aromatic rings. The van der Waals surface area contributed by atoms with Crippen LogP contribution in [-0.2, 0) is 12.0 Å².